The molecule has 4 rings (SSSR count). The number of ether oxygens (including phenoxy) is 1. The van der Waals surface area contributed by atoms with Crippen LogP contribution in [0.1, 0.15) is 35.6 Å². The fraction of sp³-hybridized carbons (Fsp3) is 0.304. The van der Waals surface area contributed by atoms with Crippen LogP contribution in [0.15, 0.2) is 54.1 Å². The highest BCUT2D eigenvalue weighted by molar-refractivity contribution is 6.46. The van der Waals surface area contributed by atoms with Crippen molar-refractivity contribution in [1.29, 1.82) is 0 Å². The first-order valence-electron chi connectivity index (χ1n) is 9.68. The topological polar surface area (TPSA) is 66.8 Å². The molecule has 2 heterocycles. The van der Waals surface area contributed by atoms with Crippen LogP contribution < -0.4 is 0 Å². The molecule has 2 fully saturated rings. The average Bonchev–Trinajstić information content (AvgIpc) is 3.31. The number of ketones is 1. The minimum Gasteiger partial charge on any atom is -0.507 e. The minimum absolute atomic E-state index is 0.0965. The van der Waals surface area contributed by atoms with Gasteiger partial charge in [0.1, 0.15) is 5.76 Å². The van der Waals surface area contributed by atoms with E-state index in [-0.39, 0.29) is 17.4 Å². The van der Waals surface area contributed by atoms with E-state index in [4.69, 9.17) is 16.3 Å². The highest BCUT2D eigenvalue weighted by atomic mass is 35.5. The second-order valence-electron chi connectivity index (χ2n) is 7.50. The lowest BCUT2D eigenvalue weighted by Gasteiger charge is -2.27. The van der Waals surface area contributed by atoms with Crippen molar-refractivity contribution in [3.05, 3.63) is 75.8 Å². The predicted octanol–water partition coefficient (Wildman–Crippen LogP) is 4.25. The van der Waals surface area contributed by atoms with Crippen molar-refractivity contribution in [3.63, 3.8) is 0 Å². The molecule has 0 bridgehead atoms. The summed E-state index contributed by atoms with van der Waals surface area (Å²) in [7, 11) is 0. The first-order valence-corrected chi connectivity index (χ1v) is 10.1. The summed E-state index contributed by atoms with van der Waals surface area (Å²) in [6, 6.07) is 13.5. The van der Waals surface area contributed by atoms with Crippen molar-refractivity contribution < 1.29 is 19.4 Å². The van der Waals surface area contributed by atoms with Gasteiger partial charge in [-0.2, -0.15) is 0 Å². The van der Waals surface area contributed by atoms with Crippen LogP contribution in [-0.4, -0.2) is 41.0 Å². The molecular weight excluding hydrogens is 390 g/mol. The van der Waals surface area contributed by atoms with Gasteiger partial charge in [0, 0.05) is 23.7 Å². The van der Waals surface area contributed by atoms with Crippen LogP contribution in [0.5, 0.6) is 0 Å². The van der Waals surface area contributed by atoms with E-state index in [0.717, 1.165) is 24.0 Å². The molecule has 2 atom stereocenters. The molecule has 0 radical (unpaired) electrons. The molecule has 2 aliphatic heterocycles. The number of aliphatic hydroxyl groups is 1. The lowest BCUT2D eigenvalue weighted by atomic mass is 9.94. The second-order valence-corrected chi connectivity index (χ2v) is 7.94. The number of rotatable bonds is 4. The van der Waals surface area contributed by atoms with Gasteiger partial charge in [-0.05, 0) is 49.6 Å². The van der Waals surface area contributed by atoms with Crippen molar-refractivity contribution in [2.75, 3.05) is 13.2 Å². The Kier molecular flexibility index (Phi) is 5.43. The fourth-order valence-electron chi connectivity index (χ4n) is 3.93. The van der Waals surface area contributed by atoms with Crippen LogP contribution in [0.25, 0.3) is 5.76 Å². The van der Waals surface area contributed by atoms with Gasteiger partial charge in [0.2, 0.25) is 0 Å². The number of amides is 1. The van der Waals surface area contributed by atoms with E-state index in [0.29, 0.717) is 23.7 Å². The van der Waals surface area contributed by atoms with Gasteiger partial charge < -0.3 is 14.7 Å². The molecule has 0 saturated carbocycles. The van der Waals surface area contributed by atoms with E-state index in [1.165, 1.54) is 4.90 Å². The van der Waals surface area contributed by atoms with E-state index in [2.05, 4.69) is 0 Å². The number of hydrogen-bond acceptors (Lipinski definition) is 4. The smallest absolute Gasteiger partial charge is 0.295 e. The van der Waals surface area contributed by atoms with Crippen LogP contribution in [-0.2, 0) is 14.3 Å². The number of halogens is 1. The van der Waals surface area contributed by atoms with Crippen molar-refractivity contribution in [3.8, 4) is 0 Å². The molecule has 2 aromatic carbocycles. The molecule has 1 amide bonds. The van der Waals surface area contributed by atoms with Gasteiger partial charge in [-0.15, -0.1) is 0 Å². The van der Waals surface area contributed by atoms with E-state index >= 15 is 0 Å². The van der Waals surface area contributed by atoms with Crippen molar-refractivity contribution >= 4 is 29.1 Å². The lowest BCUT2D eigenvalue weighted by molar-refractivity contribution is -0.140. The summed E-state index contributed by atoms with van der Waals surface area (Å²) in [6.07, 6.45) is 1.69. The Morgan fingerprint density at radius 1 is 1.14 bits per heavy atom. The van der Waals surface area contributed by atoms with Crippen LogP contribution in [0.3, 0.4) is 0 Å². The SMILES string of the molecule is Cc1ccc([C@H]2/C(=C(\O)c3ccc(Cl)cc3)C(=O)C(=O)N2C[C@H]2CCCO2)cc1. The Morgan fingerprint density at radius 2 is 1.83 bits per heavy atom. The highest BCUT2D eigenvalue weighted by Gasteiger charge is 2.47. The molecule has 29 heavy (non-hydrogen) atoms. The van der Waals surface area contributed by atoms with Crippen molar-refractivity contribution in [1.82, 2.24) is 4.90 Å². The Labute approximate surface area is 174 Å². The van der Waals surface area contributed by atoms with Gasteiger partial charge in [0.15, 0.2) is 0 Å². The zero-order chi connectivity index (χ0) is 20.5. The third-order valence-corrected chi connectivity index (χ3v) is 5.73. The van der Waals surface area contributed by atoms with Gasteiger partial charge in [-0.3, -0.25) is 9.59 Å². The van der Waals surface area contributed by atoms with E-state index in [1.54, 1.807) is 24.3 Å². The number of carbonyl (C=O) groups excluding carboxylic acids is 2. The van der Waals surface area contributed by atoms with Gasteiger partial charge in [0.05, 0.1) is 17.7 Å². The molecule has 0 aliphatic carbocycles. The van der Waals surface area contributed by atoms with Gasteiger partial charge >= 0.3 is 0 Å². The number of carbonyl (C=O) groups is 2. The number of nitrogens with zero attached hydrogens (tertiary/aromatic N) is 1. The molecule has 150 valence electrons. The third kappa shape index (κ3) is 3.80. The molecule has 0 spiro atoms. The first-order chi connectivity index (χ1) is 14.0. The normalized spacial score (nSPS) is 23.7. The Bertz CT molecular complexity index is 959. The number of hydrogen-bond donors (Lipinski definition) is 1. The van der Waals surface area contributed by atoms with Crippen molar-refractivity contribution in [2.45, 2.75) is 31.9 Å². The van der Waals surface area contributed by atoms with Gasteiger partial charge in [-0.25, -0.2) is 0 Å². The van der Waals surface area contributed by atoms with E-state index < -0.39 is 17.7 Å². The third-order valence-electron chi connectivity index (χ3n) is 5.48. The monoisotopic (exact) mass is 411 g/mol. The molecule has 2 aromatic rings. The van der Waals surface area contributed by atoms with Crippen LogP contribution >= 0.6 is 11.6 Å². The fourth-order valence-corrected chi connectivity index (χ4v) is 4.06. The number of likely N-dealkylation sites (tertiary alicyclic amines) is 1. The maximum atomic E-state index is 12.9. The summed E-state index contributed by atoms with van der Waals surface area (Å²) in [6.45, 7) is 2.95. The minimum atomic E-state index is -0.680. The number of benzene rings is 2. The summed E-state index contributed by atoms with van der Waals surface area (Å²) in [5, 5.41) is 11.5. The zero-order valence-corrected chi connectivity index (χ0v) is 16.9. The summed E-state index contributed by atoms with van der Waals surface area (Å²) in [5.74, 6) is -1.48. The molecule has 2 saturated heterocycles. The number of Topliss-reactive ketones (excluding diaryl/α,β-unsaturated/α-hetero) is 1. The molecule has 0 unspecified atom stereocenters. The quantitative estimate of drug-likeness (QED) is 0.464. The standard InChI is InChI=1S/C23H22ClNO4/c1-14-4-6-15(7-5-14)20-19(21(26)16-8-10-17(24)11-9-16)22(27)23(28)25(20)13-18-3-2-12-29-18/h4-11,18,20,26H,2-3,12-13H2,1H3/b21-19+/t18-,20+/m1/s1. The molecular formula is C23H22ClNO4. The highest BCUT2D eigenvalue weighted by Crippen LogP contribution is 2.40. The molecule has 2 aliphatic rings. The number of aryl methyl sites for hydroxylation is 1. The van der Waals surface area contributed by atoms with Crippen molar-refractivity contribution in [2.24, 2.45) is 0 Å². The van der Waals surface area contributed by atoms with E-state index in [9.17, 15) is 14.7 Å². The zero-order valence-electron chi connectivity index (χ0n) is 16.1. The average molecular weight is 412 g/mol. The van der Waals surface area contributed by atoms with Crippen LogP contribution in [0.4, 0.5) is 0 Å². The second kappa shape index (κ2) is 8.01. The Hall–Kier alpha value is -2.63. The van der Waals surface area contributed by atoms with Crippen LogP contribution in [0, 0.1) is 6.92 Å². The predicted molar refractivity (Wildman–Crippen MR) is 111 cm³/mol. The summed E-state index contributed by atoms with van der Waals surface area (Å²) >= 11 is 5.94. The summed E-state index contributed by atoms with van der Waals surface area (Å²) in [5.41, 5.74) is 2.40. The van der Waals surface area contributed by atoms with Crippen LogP contribution in [0.2, 0.25) is 5.02 Å². The largest absolute Gasteiger partial charge is 0.507 e. The maximum Gasteiger partial charge on any atom is 0.295 e. The first kappa shape index (κ1) is 19.7. The lowest BCUT2D eigenvalue weighted by Crippen LogP contribution is -2.36. The number of aliphatic hydroxyl groups excluding tert-OH is 1. The molecule has 0 aromatic heterocycles. The van der Waals surface area contributed by atoms with E-state index in [1.807, 2.05) is 31.2 Å². The van der Waals surface area contributed by atoms with Gasteiger partial charge in [-0.1, -0.05) is 41.4 Å². The summed E-state index contributed by atoms with van der Waals surface area (Å²) < 4.78 is 5.70. The Balaban J connectivity index is 1.81. The molecule has 5 nitrogen and oxygen atoms in total. The summed E-state index contributed by atoms with van der Waals surface area (Å²) in [4.78, 5) is 27.4. The molecule has 6 heteroatoms. The maximum absolute atomic E-state index is 12.9. The Morgan fingerprint density at radius 3 is 2.45 bits per heavy atom. The molecule has 1 N–H and O–H groups in total. The van der Waals surface area contributed by atoms with Gasteiger partial charge in [0.25, 0.3) is 11.7 Å².